The third kappa shape index (κ3) is 5.07. The van der Waals surface area contributed by atoms with Crippen LogP contribution in [0.25, 0.3) is 0 Å². The van der Waals surface area contributed by atoms with E-state index in [4.69, 9.17) is 4.74 Å². The standard InChI is InChI=1S/C17H31N3O2/c1-4-20(15-8-6-5-7-9-15)17(21)14-19-10-11-22-16(13-19)12-18(2)3/h8,16H,4-7,9-14H2,1-3H3. The maximum Gasteiger partial charge on any atom is 0.240 e. The monoisotopic (exact) mass is 309 g/mol. The van der Waals surface area contributed by atoms with E-state index in [9.17, 15) is 4.79 Å². The third-order valence-corrected chi connectivity index (χ3v) is 4.38. The van der Waals surface area contributed by atoms with E-state index in [0.717, 1.165) is 45.6 Å². The fourth-order valence-electron chi connectivity index (χ4n) is 3.32. The summed E-state index contributed by atoms with van der Waals surface area (Å²) in [6.07, 6.45) is 7.08. The van der Waals surface area contributed by atoms with Crippen LogP contribution in [-0.2, 0) is 9.53 Å². The van der Waals surface area contributed by atoms with Crippen LogP contribution in [0.15, 0.2) is 11.8 Å². The highest BCUT2D eigenvalue weighted by atomic mass is 16.5. The van der Waals surface area contributed by atoms with Gasteiger partial charge in [0.15, 0.2) is 0 Å². The Morgan fingerprint density at radius 3 is 2.86 bits per heavy atom. The van der Waals surface area contributed by atoms with Gasteiger partial charge < -0.3 is 14.5 Å². The normalized spacial score (nSPS) is 23.5. The minimum Gasteiger partial charge on any atom is -0.374 e. The van der Waals surface area contributed by atoms with Crippen molar-refractivity contribution in [2.75, 3.05) is 53.4 Å². The summed E-state index contributed by atoms with van der Waals surface area (Å²) < 4.78 is 5.78. The van der Waals surface area contributed by atoms with Crippen LogP contribution in [0, 0.1) is 0 Å². The van der Waals surface area contributed by atoms with Crippen molar-refractivity contribution in [1.29, 1.82) is 0 Å². The number of allylic oxidation sites excluding steroid dienone is 2. The number of ether oxygens (including phenoxy) is 1. The number of morpholine rings is 1. The number of hydrogen-bond donors (Lipinski definition) is 0. The topological polar surface area (TPSA) is 36.0 Å². The number of carbonyl (C=O) groups excluding carboxylic acids is 1. The van der Waals surface area contributed by atoms with Crippen molar-refractivity contribution in [3.05, 3.63) is 11.8 Å². The molecule has 0 radical (unpaired) electrons. The highest BCUT2D eigenvalue weighted by Crippen LogP contribution is 2.21. The molecule has 1 fully saturated rings. The molecule has 126 valence electrons. The summed E-state index contributed by atoms with van der Waals surface area (Å²) in [6.45, 7) is 6.69. The molecule has 1 aliphatic heterocycles. The zero-order chi connectivity index (χ0) is 15.9. The molecule has 2 rings (SSSR count). The van der Waals surface area contributed by atoms with Gasteiger partial charge in [0.2, 0.25) is 5.91 Å². The van der Waals surface area contributed by atoms with E-state index in [1.54, 1.807) is 0 Å². The lowest BCUT2D eigenvalue weighted by Crippen LogP contribution is -2.50. The number of hydrogen-bond acceptors (Lipinski definition) is 4. The highest BCUT2D eigenvalue weighted by molar-refractivity contribution is 5.80. The molecule has 1 aliphatic carbocycles. The summed E-state index contributed by atoms with van der Waals surface area (Å²) in [6, 6.07) is 0. The molecule has 22 heavy (non-hydrogen) atoms. The van der Waals surface area contributed by atoms with Gasteiger partial charge in [0.05, 0.1) is 19.3 Å². The summed E-state index contributed by atoms with van der Waals surface area (Å²) in [7, 11) is 4.11. The lowest BCUT2D eigenvalue weighted by molar-refractivity contribution is -0.132. The molecule has 5 nitrogen and oxygen atoms in total. The zero-order valence-corrected chi connectivity index (χ0v) is 14.4. The van der Waals surface area contributed by atoms with Crippen molar-refractivity contribution in [2.24, 2.45) is 0 Å². The van der Waals surface area contributed by atoms with Crippen LogP contribution in [0.4, 0.5) is 0 Å². The third-order valence-electron chi connectivity index (χ3n) is 4.38. The average molecular weight is 309 g/mol. The molecule has 1 heterocycles. The minimum atomic E-state index is 0.209. The molecule has 0 spiro atoms. The second kappa shape index (κ2) is 8.65. The Balaban J connectivity index is 1.88. The quantitative estimate of drug-likeness (QED) is 0.746. The zero-order valence-electron chi connectivity index (χ0n) is 14.4. The van der Waals surface area contributed by atoms with Crippen molar-refractivity contribution < 1.29 is 9.53 Å². The lowest BCUT2D eigenvalue weighted by Gasteiger charge is -2.35. The molecule has 1 atom stereocenters. The van der Waals surface area contributed by atoms with Crippen molar-refractivity contribution in [1.82, 2.24) is 14.7 Å². The van der Waals surface area contributed by atoms with E-state index in [0.29, 0.717) is 6.54 Å². The maximum atomic E-state index is 12.7. The summed E-state index contributed by atoms with van der Waals surface area (Å²) in [5.74, 6) is 0.237. The number of amides is 1. The molecule has 0 saturated carbocycles. The van der Waals surface area contributed by atoms with Gasteiger partial charge in [0.25, 0.3) is 0 Å². The van der Waals surface area contributed by atoms with E-state index < -0.39 is 0 Å². The highest BCUT2D eigenvalue weighted by Gasteiger charge is 2.25. The number of likely N-dealkylation sites (N-methyl/N-ethyl adjacent to an activating group) is 2. The van der Waals surface area contributed by atoms with Crippen LogP contribution >= 0.6 is 0 Å². The van der Waals surface area contributed by atoms with Crippen LogP contribution in [0.3, 0.4) is 0 Å². The van der Waals surface area contributed by atoms with E-state index >= 15 is 0 Å². The van der Waals surface area contributed by atoms with Crippen LogP contribution in [0.1, 0.15) is 32.6 Å². The van der Waals surface area contributed by atoms with Gasteiger partial charge in [0.1, 0.15) is 0 Å². The molecule has 5 heteroatoms. The van der Waals surface area contributed by atoms with Gasteiger partial charge in [0, 0.05) is 31.9 Å². The first-order chi connectivity index (χ1) is 10.6. The maximum absolute atomic E-state index is 12.7. The van der Waals surface area contributed by atoms with E-state index in [-0.39, 0.29) is 12.0 Å². The van der Waals surface area contributed by atoms with Crippen molar-refractivity contribution in [3.63, 3.8) is 0 Å². The first-order valence-corrected chi connectivity index (χ1v) is 8.58. The summed E-state index contributed by atoms with van der Waals surface area (Å²) in [5, 5.41) is 0. The molecule has 1 amide bonds. The van der Waals surface area contributed by atoms with Gasteiger partial charge in [-0.25, -0.2) is 0 Å². The molecule has 0 N–H and O–H groups in total. The van der Waals surface area contributed by atoms with Gasteiger partial charge in [-0.05, 0) is 46.7 Å². The van der Waals surface area contributed by atoms with Crippen LogP contribution in [0.2, 0.25) is 0 Å². The molecular weight excluding hydrogens is 278 g/mol. The van der Waals surface area contributed by atoms with Crippen LogP contribution in [-0.4, -0.2) is 80.1 Å². The SMILES string of the molecule is CCN(C(=O)CN1CCOC(CN(C)C)C1)C1=CCCCC1. The number of carbonyl (C=O) groups is 1. The Morgan fingerprint density at radius 1 is 1.41 bits per heavy atom. The van der Waals surface area contributed by atoms with Gasteiger partial charge in [-0.3, -0.25) is 9.69 Å². The van der Waals surface area contributed by atoms with E-state index in [2.05, 4.69) is 36.9 Å². The Morgan fingerprint density at radius 2 is 2.23 bits per heavy atom. The van der Waals surface area contributed by atoms with Gasteiger partial charge >= 0.3 is 0 Å². The summed E-state index contributed by atoms with van der Waals surface area (Å²) >= 11 is 0. The lowest BCUT2D eigenvalue weighted by atomic mass is 10.0. The van der Waals surface area contributed by atoms with Crippen molar-refractivity contribution in [2.45, 2.75) is 38.7 Å². The Kier molecular flexibility index (Phi) is 6.86. The Hall–Kier alpha value is -0.910. The van der Waals surface area contributed by atoms with Crippen LogP contribution < -0.4 is 0 Å². The Bertz CT molecular complexity index is 395. The molecule has 0 aromatic heterocycles. The second-order valence-corrected chi connectivity index (χ2v) is 6.57. The molecule has 0 aromatic carbocycles. The molecule has 0 aromatic rings. The van der Waals surface area contributed by atoms with E-state index in [1.165, 1.54) is 18.5 Å². The van der Waals surface area contributed by atoms with Crippen molar-refractivity contribution >= 4 is 5.91 Å². The average Bonchev–Trinajstić information content (AvgIpc) is 2.48. The van der Waals surface area contributed by atoms with Gasteiger partial charge in [-0.2, -0.15) is 0 Å². The molecule has 1 saturated heterocycles. The molecule has 0 bridgehead atoms. The van der Waals surface area contributed by atoms with Crippen LogP contribution in [0.5, 0.6) is 0 Å². The predicted molar refractivity (Wildman–Crippen MR) is 88.7 cm³/mol. The summed E-state index contributed by atoms with van der Waals surface area (Å²) in [5.41, 5.74) is 1.23. The number of nitrogens with zero attached hydrogens (tertiary/aromatic N) is 3. The number of rotatable bonds is 6. The predicted octanol–water partition coefficient (Wildman–Crippen LogP) is 1.56. The first kappa shape index (κ1) is 17.4. The Labute approximate surface area is 134 Å². The fourth-order valence-corrected chi connectivity index (χ4v) is 3.32. The largest absolute Gasteiger partial charge is 0.374 e. The van der Waals surface area contributed by atoms with Crippen molar-refractivity contribution in [3.8, 4) is 0 Å². The van der Waals surface area contributed by atoms with Gasteiger partial charge in [-0.15, -0.1) is 0 Å². The first-order valence-electron chi connectivity index (χ1n) is 8.58. The fraction of sp³-hybridized carbons (Fsp3) is 0.824. The summed E-state index contributed by atoms with van der Waals surface area (Å²) in [4.78, 5) is 19.0. The second-order valence-electron chi connectivity index (χ2n) is 6.57. The van der Waals surface area contributed by atoms with E-state index in [1.807, 2.05) is 4.90 Å². The van der Waals surface area contributed by atoms with Gasteiger partial charge in [-0.1, -0.05) is 6.08 Å². The molecular formula is C17H31N3O2. The smallest absolute Gasteiger partial charge is 0.240 e. The minimum absolute atomic E-state index is 0.209. The molecule has 1 unspecified atom stereocenters. The molecule has 2 aliphatic rings.